The molecule has 0 saturated carbocycles. The molecule has 0 amide bonds. The quantitative estimate of drug-likeness (QED) is 0.129. The molecule has 3 rings (SSSR count). The van der Waals surface area contributed by atoms with Crippen molar-refractivity contribution < 1.29 is 19.1 Å². The van der Waals surface area contributed by atoms with Crippen LogP contribution in [0.5, 0.6) is 17.2 Å². The topological polar surface area (TPSA) is 96.9 Å². The summed E-state index contributed by atoms with van der Waals surface area (Å²) in [4.78, 5) is 9.90. The molecule has 0 bridgehead atoms. The Morgan fingerprint density at radius 3 is 1.62 bits per heavy atom. The Bertz CT molecular complexity index is 1000. The summed E-state index contributed by atoms with van der Waals surface area (Å²) in [5.41, 5.74) is 6.30. The number of nitro groups is 1. The lowest BCUT2D eigenvalue weighted by Gasteiger charge is -2.01. The van der Waals surface area contributed by atoms with Gasteiger partial charge in [-0.25, -0.2) is 0 Å². The number of hydrogen-bond acceptors (Lipinski definition) is 6. The fourth-order valence-electron chi connectivity index (χ4n) is 2.00. The molecule has 32 heavy (non-hydrogen) atoms. The summed E-state index contributed by atoms with van der Waals surface area (Å²) in [5.74, 6) is 2.28. The average molecular weight is 747 g/mol. The molecular formula is C21H20Br3IN2O5. The summed E-state index contributed by atoms with van der Waals surface area (Å²) in [5, 5.41) is 10.4. The number of nitro benzene ring substituents is 1. The van der Waals surface area contributed by atoms with Crippen molar-refractivity contribution in [1.29, 1.82) is 0 Å². The van der Waals surface area contributed by atoms with Crippen LogP contribution in [0, 0.1) is 13.7 Å². The van der Waals surface area contributed by atoms with E-state index < -0.39 is 4.92 Å². The van der Waals surface area contributed by atoms with E-state index in [1.165, 1.54) is 16.7 Å². The van der Waals surface area contributed by atoms with Crippen molar-refractivity contribution in [1.82, 2.24) is 0 Å². The number of rotatable bonds is 4. The molecule has 0 aliphatic heterocycles. The van der Waals surface area contributed by atoms with Gasteiger partial charge in [0.2, 0.25) is 0 Å². The van der Waals surface area contributed by atoms with Crippen LogP contribution in [-0.4, -0.2) is 26.3 Å². The van der Waals surface area contributed by atoms with Gasteiger partial charge in [-0.05, 0) is 113 Å². The molecule has 11 heteroatoms. The summed E-state index contributed by atoms with van der Waals surface area (Å²) < 4.78 is 18.4. The minimum atomic E-state index is -0.455. The minimum Gasteiger partial charge on any atom is -0.497 e. The second kappa shape index (κ2) is 14.6. The zero-order chi connectivity index (χ0) is 24.3. The molecule has 2 N–H and O–H groups in total. The predicted molar refractivity (Wildman–Crippen MR) is 146 cm³/mol. The molecule has 3 aromatic rings. The monoisotopic (exact) mass is 744 g/mol. The minimum absolute atomic E-state index is 0.0378. The standard InChI is InChI=1S/C7H6BrIO.C7H6BrNO3.C7H8BrNO/c1-10-5-2-3-7(9)6(8)4-5;1-12-5-2-3-7(9(10)11)6(8)4-5;1-10-5-2-3-7(9)6(8)4-5/h2-4H,1H3;2-4H,1H3;2-4H,9H2,1H3. The van der Waals surface area contributed by atoms with Gasteiger partial charge in [0.05, 0.1) is 30.7 Å². The number of benzene rings is 3. The lowest BCUT2D eigenvalue weighted by Crippen LogP contribution is -1.90. The molecule has 0 unspecified atom stereocenters. The Hall–Kier alpha value is -1.57. The number of halogens is 4. The van der Waals surface area contributed by atoms with Crippen molar-refractivity contribution in [2.24, 2.45) is 0 Å². The summed E-state index contributed by atoms with van der Waals surface area (Å²) in [6.07, 6.45) is 0. The fourth-order valence-corrected chi connectivity index (χ4v) is 3.55. The molecule has 0 fully saturated rings. The Balaban J connectivity index is 0.000000241. The molecule has 0 aliphatic carbocycles. The molecule has 0 atom stereocenters. The number of nitrogens with two attached hydrogens (primary N) is 1. The average Bonchev–Trinajstić information content (AvgIpc) is 2.78. The molecule has 172 valence electrons. The molecule has 7 nitrogen and oxygen atoms in total. The smallest absolute Gasteiger partial charge is 0.283 e. The van der Waals surface area contributed by atoms with Gasteiger partial charge in [-0.2, -0.15) is 0 Å². The van der Waals surface area contributed by atoms with Crippen LogP contribution in [0.2, 0.25) is 0 Å². The van der Waals surface area contributed by atoms with E-state index in [-0.39, 0.29) is 5.69 Å². The van der Waals surface area contributed by atoms with Gasteiger partial charge in [-0.15, -0.1) is 0 Å². The number of nitrogens with zero attached hydrogens (tertiary/aromatic N) is 1. The van der Waals surface area contributed by atoms with E-state index in [2.05, 4.69) is 70.4 Å². The third kappa shape index (κ3) is 9.51. The maximum absolute atomic E-state index is 10.4. The number of methoxy groups -OCH3 is 3. The maximum atomic E-state index is 10.4. The van der Waals surface area contributed by atoms with E-state index >= 15 is 0 Å². The highest BCUT2D eigenvalue weighted by molar-refractivity contribution is 14.1. The first-order chi connectivity index (χ1) is 15.1. The van der Waals surface area contributed by atoms with Gasteiger partial charge in [0.1, 0.15) is 17.2 Å². The van der Waals surface area contributed by atoms with Gasteiger partial charge in [0, 0.05) is 30.3 Å². The van der Waals surface area contributed by atoms with Crippen LogP contribution >= 0.6 is 70.4 Å². The maximum Gasteiger partial charge on any atom is 0.283 e. The highest BCUT2D eigenvalue weighted by atomic mass is 127. The van der Waals surface area contributed by atoms with Gasteiger partial charge in [-0.3, -0.25) is 10.1 Å². The van der Waals surface area contributed by atoms with E-state index in [1.54, 1.807) is 32.4 Å². The lowest BCUT2D eigenvalue weighted by molar-refractivity contribution is -0.385. The Kier molecular flexibility index (Phi) is 12.9. The van der Waals surface area contributed by atoms with Crippen molar-refractivity contribution in [2.45, 2.75) is 0 Å². The molecule has 0 aromatic heterocycles. The third-order valence-corrected chi connectivity index (χ3v) is 7.35. The van der Waals surface area contributed by atoms with Gasteiger partial charge in [-0.1, -0.05) is 0 Å². The summed E-state index contributed by atoms with van der Waals surface area (Å²) in [7, 11) is 4.79. The molecular weight excluding hydrogens is 727 g/mol. The number of nitrogen functional groups attached to an aromatic ring is 1. The third-order valence-electron chi connectivity index (χ3n) is 3.69. The summed E-state index contributed by atoms with van der Waals surface area (Å²) in [6.45, 7) is 0. The Morgan fingerprint density at radius 2 is 1.22 bits per heavy atom. The van der Waals surface area contributed by atoms with Crippen LogP contribution in [-0.2, 0) is 0 Å². The van der Waals surface area contributed by atoms with Gasteiger partial charge in [0.15, 0.2) is 0 Å². The SMILES string of the molecule is COc1ccc(I)c(Br)c1.COc1ccc(N)c(Br)c1.COc1ccc([N+](=O)[O-])c(Br)c1. The molecule has 0 aliphatic rings. The van der Waals surface area contributed by atoms with Crippen LogP contribution in [0.25, 0.3) is 0 Å². The van der Waals surface area contributed by atoms with E-state index in [0.29, 0.717) is 10.2 Å². The fraction of sp³-hybridized carbons (Fsp3) is 0.143. The van der Waals surface area contributed by atoms with E-state index in [1.807, 2.05) is 30.3 Å². The van der Waals surface area contributed by atoms with Crippen molar-refractivity contribution in [3.05, 3.63) is 81.7 Å². The first-order valence-electron chi connectivity index (χ1n) is 8.68. The molecule has 0 heterocycles. The van der Waals surface area contributed by atoms with E-state index in [0.717, 1.165) is 26.1 Å². The Morgan fingerprint density at radius 1 is 0.781 bits per heavy atom. The van der Waals surface area contributed by atoms with Crippen LogP contribution in [0.4, 0.5) is 11.4 Å². The van der Waals surface area contributed by atoms with Gasteiger partial charge in [0.25, 0.3) is 5.69 Å². The lowest BCUT2D eigenvalue weighted by atomic mass is 10.3. The van der Waals surface area contributed by atoms with Gasteiger partial charge >= 0.3 is 0 Å². The van der Waals surface area contributed by atoms with Crippen LogP contribution in [0.1, 0.15) is 0 Å². The summed E-state index contributed by atoms with van der Waals surface area (Å²) in [6, 6.07) is 15.8. The first kappa shape index (κ1) is 28.5. The van der Waals surface area contributed by atoms with Crippen LogP contribution in [0.15, 0.2) is 68.0 Å². The van der Waals surface area contributed by atoms with Crippen molar-refractivity contribution in [3.63, 3.8) is 0 Å². The normalized spacial score (nSPS) is 9.47. The van der Waals surface area contributed by atoms with Gasteiger partial charge < -0.3 is 19.9 Å². The molecule has 0 radical (unpaired) electrons. The van der Waals surface area contributed by atoms with E-state index in [4.69, 9.17) is 19.9 Å². The zero-order valence-electron chi connectivity index (χ0n) is 17.3. The van der Waals surface area contributed by atoms with Crippen LogP contribution < -0.4 is 19.9 Å². The largest absolute Gasteiger partial charge is 0.497 e. The number of hydrogen-bond donors (Lipinski definition) is 1. The molecule has 0 spiro atoms. The van der Waals surface area contributed by atoms with Crippen molar-refractivity contribution >= 4 is 81.8 Å². The molecule has 3 aromatic carbocycles. The number of ether oxygens (including phenoxy) is 3. The van der Waals surface area contributed by atoms with E-state index in [9.17, 15) is 10.1 Å². The first-order valence-corrected chi connectivity index (χ1v) is 12.1. The molecule has 0 saturated heterocycles. The van der Waals surface area contributed by atoms with Crippen molar-refractivity contribution in [3.8, 4) is 17.2 Å². The highest BCUT2D eigenvalue weighted by Gasteiger charge is 2.11. The zero-order valence-corrected chi connectivity index (χ0v) is 24.2. The predicted octanol–water partition coefficient (Wildman–Crippen LogP) is 7.47. The van der Waals surface area contributed by atoms with Crippen LogP contribution in [0.3, 0.4) is 0 Å². The highest BCUT2D eigenvalue weighted by Crippen LogP contribution is 2.28. The van der Waals surface area contributed by atoms with Crippen molar-refractivity contribution in [2.75, 3.05) is 27.1 Å². The Labute approximate surface area is 225 Å². The second-order valence-corrected chi connectivity index (χ2v) is 9.47. The number of anilines is 1. The summed E-state index contributed by atoms with van der Waals surface area (Å²) >= 11 is 12.0. The second-order valence-electron chi connectivity index (χ2n) is 5.74.